The molecule has 0 radical (unpaired) electrons. The van der Waals surface area contributed by atoms with Crippen molar-refractivity contribution in [1.29, 1.82) is 0 Å². The summed E-state index contributed by atoms with van der Waals surface area (Å²) in [5, 5.41) is 0.385. The molecule has 1 heterocycles. The van der Waals surface area contributed by atoms with Gasteiger partial charge in [-0.15, -0.1) is 0 Å². The van der Waals surface area contributed by atoms with E-state index >= 15 is 0 Å². The number of hydrogen-bond donors (Lipinski definition) is 0. The lowest BCUT2D eigenvalue weighted by Gasteiger charge is -2.10. The quantitative estimate of drug-likeness (QED) is 0.782. The topological polar surface area (TPSA) is 35.0 Å². The van der Waals surface area contributed by atoms with Crippen LogP contribution in [0.2, 0.25) is 5.15 Å². The Hall–Kier alpha value is -1.68. The van der Waals surface area contributed by atoms with Crippen LogP contribution in [0.4, 0.5) is 4.39 Å². The van der Waals surface area contributed by atoms with E-state index in [9.17, 15) is 4.39 Å². The van der Waals surface area contributed by atoms with E-state index in [-0.39, 0.29) is 5.82 Å². The fraction of sp³-hybridized carbons (Fsp3) is 0.286. The highest BCUT2D eigenvalue weighted by atomic mass is 35.5. The molecule has 2 rings (SSSR count). The van der Waals surface area contributed by atoms with Crippen LogP contribution in [0.1, 0.15) is 24.7 Å². The predicted octanol–water partition coefficient (Wildman–Crippen LogP) is 4.32. The van der Waals surface area contributed by atoms with Crippen LogP contribution >= 0.6 is 11.6 Å². The number of ether oxygens (including phenoxy) is 1. The number of nitrogens with zero attached hydrogens (tertiary/aromatic N) is 2. The highest BCUT2D eigenvalue weighted by Crippen LogP contribution is 2.27. The third-order valence-corrected chi connectivity index (χ3v) is 2.96. The Morgan fingerprint density at radius 1 is 1.21 bits per heavy atom. The standard InChI is InChI=1S/C14H14ClFN2O/c1-3-4-12-17-13(15)9(2)14(18-12)19-11-7-5-10(16)6-8-11/h5-8H,3-4H2,1-2H3. The lowest BCUT2D eigenvalue weighted by molar-refractivity contribution is 0.452. The molecule has 0 bridgehead atoms. The maximum atomic E-state index is 12.8. The number of rotatable bonds is 4. The summed E-state index contributed by atoms with van der Waals surface area (Å²) in [7, 11) is 0. The lowest BCUT2D eigenvalue weighted by Crippen LogP contribution is -2.01. The maximum absolute atomic E-state index is 12.8. The smallest absolute Gasteiger partial charge is 0.226 e. The summed E-state index contributed by atoms with van der Waals surface area (Å²) in [6, 6.07) is 5.76. The van der Waals surface area contributed by atoms with Crippen molar-refractivity contribution >= 4 is 11.6 Å². The van der Waals surface area contributed by atoms with Gasteiger partial charge in [-0.2, -0.15) is 4.98 Å². The number of hydrogen-bond acceptors (Lipinski definition) is 3. The zero-order valence-corrected chi connectivity index (χ0v) is 11.5. The van der Waals surface area contributed by atoms with Crippen LogP contribution in [0.25, 0.3) is 0 Å². The monoisotopic (exact) mass is 280 g/mol. The normalized spacial score (nSPS) is 10.5. The Balaban J connectivity index is 2.30. The summed E-state index contributed by atoms with van der Waals surface area (Å²) in [6.45, 7) is 3.83. The first kappa shape index (κ1) is 13.7. The first-order chi connectivity index (χ1) is 9.10. The van der Waals surface area contributed by atoms with Gasteiger partial charge in [-0.3, -0.25) is 0 Å². The summed E-state index contributed by atoms with van der Waals surface area (Å²) < 4.78 is 18.5. The van der Waals surface area contributed by atoms with Gasteiger partial charge in [0.25, 0.3) is 0 Å². The Bertz CT molecular complexity index is 572. The zero-order chi connectivity index (χ0) is 13.8. The number of benzene rings is 1. The summed E-state index contributed by atoms with van der Waals surface area (Å²) in [5.41, 5.74) is 0.672. The van der Waals surface area contributed by atoms with Gasteiger partial charge in [0.1, 0.15) is 22.5 Å². The largest absolute Gasteiger partial charge is 0.439 e. The van der Waals surface area contributed by atoms with Gasteiger partial charge in [0, 0.05) is 12.0 Å². The fourth-order valence-electron chi connectivity index (χ4n) is 1.56. The molecule has 0 fully saturated rings. The van der Waals surface area contributed by atoms with E-state index in [1.54, 1.807) is 19.1 Å². The molecule has 0 aliphatic heterocycles. The van der Waals surface area contributed by atoms with Gasteiger partial charge in [0.15, 0.2) is 0 Å². The predicted molar refractivity (Wildman–Crippen MR) is 72.2 cm³/mol. The summed E-state index contributed by atoms with van der Waals surface area (Å²) >= 11 is 6.06. The highest BCUT2D eigenvalue weighted by Gasteiger charge is 2.11. The molecule has 19 heavy (non-hydrogen) atoms. The Kier molecular flexibility index (Phi) is 4.32. The number of halogens is 2. The number of aromatic nitrogens is 2. The van der Waals surface area contributed by atoms with Gasteiger partial charge in [0.2, 0.25) is 5.88 Å². The van der Waals surface area contributed by atoms with E-state index in [0.29, 0.717) is 28.2 Å². The van der Waals surface area contributed by atoms with Crippen LogP contribution in [0, 0.1) is 12.7 Å². The minimum absolute atomic E-state index is 0.309. The molecule has 0 saturated carbocycles. The van der Waals surface area contributed by atoms with Crippen molar-refractivity contribution in [3.8, 4) is 11.6 Å². The molecular formula is C14H14ClFN2O. The Morgan fingerprint density at radius 2 is 1.89 bits per heavy atom. The first-order valence-corrected chi connectivity index (χ1v) is 6.44. The fourth-order valence-corrected chi connectivity index (χ4v) is 1.74. The average Bonchev–Trinajstić information content (AvgIpc) is 2.38. The van der Waals surface area contributed by atoms with E-state index in [0.717, 1.165) is 12.8 Å². The van der Waals surface area contributed by atoms with Crippen molar-refractivity contribution < 1.29 is 9.13 Å². The molecule has 0 aliphatic rings. The molecule has 0 saturated heterocycles. The Labute approximate surface area is 116 Å². The second-order valence-corrected chi connectivity index (χ2v) is 4.52. The molecule has 0 unspecified atom stereocenters. The summed E-state index contributed by atoms with van der Waals surface area (Å²) in [5.74, 6) is 1.27. The average molecular weight is 281 g/mol. The molecular weight excluding hydrogens is 267 g/mol. The molecule has 0 N–H and O–H groups in total. The highest BCUT2D eigenvalue weighted by molar-refractivity contribution is 6.30. The van der Waals surface area contributed by atoms with Crippen molar-refractivity contribution in [3.63, 3.8) is 0 Å². The summed E-state index contributed by atoms with van der Waals surface area (Å²) in [4.78, 5) is 8.52. The van der Waals surface area contributed by atoms with Crippen LogP contribution < -0.4 is 4.74 Å². The van der Waals surface area contributed by atoms with Crippen molar-refractivity contribution in [2.75, 3.05) is 0 Å². The first-order valence-electron chi connectivity index (χ1n) is 6.06. The third kappa shape index (κ3) is 3.41. The Morgan fingerprint density at radius 3 is 2.53 bits per heavy atom. The third-order valence-electron chi connectivity index (χ3n) is 2.59. The maximum Gasteiger partial charge on any atom is 0.226 e. The molecule has 0 spiro atoms. The molecule has 5 heteroatoms. The van der Waals surface area contributed by atoms with Crippen LogP contribution in [-0.2, 0) is 6.42 Å². The lowest BCUT2D eigenvalue weighted by atomic mass is 10.3. The van der Waals surface area contributed by atoms with Gasteiger partial charge in [-0.25, -0.2) is 9.37 Å². The van der Waals surface area contributed by atoms with Crippen molar-refractivity contribution in [2.24, 2.45) is 0 Å². The molecule has 0 amide bonds. The van der Waals surface area contributed by atoms with Crippen molar-refractivity contribution in [1.82, 2.24) is 9.97 Å². The molecule has 1 aromatic carbocycles. The van der Waals surface area contributed by atoms with Crippen LogP contribution in [0.5, 0.6) is 11.6 Å². The molecule has 100 valence electrons. The zero-order valence-electron chi connectivity index (χ0n) is 10.8. The molecule has 1 aromatic heterocycles. The molecule has 0 atom stereocenters. The van der Waals surface area contributed by atoms with Crippen LogP contribution in [0.3, 0.4) is 0 Å². The van der Waals surface area contributed by atoms with E-state index in [1.165, 1.54) is 12.1 Å². The second-order valence-electron chi connectivity index (χ2n) is 4.17. The van der Waals surface area contributed by atoms with E-state index in [4.69, 9.17) is 16.3 Å². The van der Waals surface area contributed by atoms with Gasteiger partial charge >= 0.3 is 0 Å². The van der Waals surface area contributed by atoms with Crippen LogP contribution in [0.15, 0.2) is 24.3 Å². The summed E-state index contributed by atoms with van der Waals surface area (Å²) in [6.07, 6.45) is 1.66. The second kappa shape index (κ2) is 5.97. The van der Waals surface area contributed by atoms with Gasteiger partial charge in [0.05, 0.1) is 0 Å². The van der Waals surface area contributed by atoms with E-state index in [2.05, 4.69) is 9.97 Å². The number of aryl methyl sites for hydroxylation is 1. The minimum Gasteiger partial charge on any atom is -0.439 e. The van der Waals surface area contributed by atoms with Crippen LogP contribution in [-0.4, -0.2) is 9.97 Å². The van der Waals surface area contributed by atoms with Crippen molar-refractivity contribution in [3.05, 3.63) is 46.6 Å². The SMILES string of the molecule is CCCc1nc(Cl)c(C)c(Oc2ccc(F)cc2)n1. The molecule has 0 aliphatic carbocycles. The van der Waals surface area contributed by atoms with Gasteiger partial charge < -0.3 is 4.74 Å². The van der Waals surface area contributed by atoms with E-state index < -0.39 is 0 Å². The molecule has 3 nitrogen and oxygen atoms in total. The van der Waals surface area contributed by atoms with Crippen molar-refractivity contribution in [2.45, 2.75) is 26.7 Å². The van der Waals surface area contributed by atoms with E-state index in [1.807, 2.05) is 6.92 Å². The van der Waals surface area contributed by atoms with Gasteiger partial charge in [-0.1, -0.05) is 18.5 Å². The molecule has 2 aromatic rings. The van der Waals surface area contributed by atoms with Gasteiger partial charge in [-0.05, 0) is 37.6 Å². The minimum atomic E-state index is -0.309.